The van der Waals surface area contributed by atoms with Crippen LogP contribution in [0.15, 0.2) is 54.0 Å². The minimum absolute atomic E-state index is 1.09. The zero-order chi connectivity index (χ0) is 11.9. The molecule has 3 heterocycles. The van der Waals surface area contributed by atoms with Crippen LogP contribution in [0.3, 0.4) is 0 Å². The molecule has 4 rings (SSSR count). The summed E-state index contributed by atoms with van der Waals surface area (Å²) in [6, 6.07) is 15.4. The van der Waals surface area contributed by atoms with E-state index >= 15 is 0 Å². The van der Waals surface area contributed by atoms with E-state index in [1.54, 1.807) is 0 Å². The van der Waals surface area contributed by atoms with E-state index in [0.29, 0.717) is 0 Å². The Morgan fingerprint density at radius 2 is 1.89 bits per heavy atom. The summed E-state index contributed by atoms with van der Waals surface area (Å²) < 4.78 is 2.39. The van der Waals surface area contributed by atoms with Gasteiger partial charge in [0.2, 0.25) is 0 Å². The molecule has 1 aromatic carbocycles. The van der Waals surface area contributed by atoms with Gasteiger partial charge >= 0.3 is 0 Å². The van der Waals surface area contributed by atoms with Gasteiger partial charge in [-0.15, -0.1) is 11.3 Å². The van der Waals surface area contributed by atoms with Gasteiger partial charge in [0.15, 0.2) is 0 Å². The van der Waals surface area contributed by atoms with Crippen LogP contribution in [0, 0.1) is 0 Å². The Labute approximate surface area is 110 Å². The largest absolute Gasteiger partial charge is 0.347 e. The smallest absolute Gasteiger partial charge is 0.0571 e. The first-order chi connectivity index (χ1) is 8.93. The number of aryl methyl sites for hydroxylation is 2. The number of fused-ring (bicyclic) bond motifs is 3. The Bertz CT molecular complexity index is 692. The van der Waals surface area contributed by atoms with E-state index in [1.807, 2.05) is 11.3 Å². The molecule has 0 N–H and O–H groups in total. The van der Waals surface area contributed by atoms with Gasteiger partial charge < -0.3 is 4.57 Å². The van der Waals surface area contributed by atoms with Crippen molar-refractivity contribution in [3.63, 3.8) is 0 Å². The predicted octanol–water partition coefficient (Wildman–Crippen LogP) is 4.44. The molecule has 1 nitrogen and oxygen atoms in total. The number of hydrogen-bond acceptors (Lipinski definition) is 1. The Balaban J connectivity index is 2.00. The van der Waals surface area contributed by atoms with Crippen molar-refractivity contribution in [2.45, 2.75) is 13.0 Å². The van der Waals surface area contributed by atoms with E-state index in [-0.39, 0.29) is 0 Å². The monoisotopic (exact) mass is 251 g/mol. The van der Waals surface area contributed by atoms with Crippen LogP contribution in [0.4, 0.5) is 0 Å². The highest BCUT2D eigenvalue weighted by molar-refractivity contribution is 7.13. The first kappa shape index (κ1) is 10.2. The molecule has 0 saturated heterocycles. The van der Waals surface area contributed by atoms with Crippen molar-refractivity contribution >= 4 is 11.3 Å². The molecule has 2 heteroatoms. The molecule has 0 saturated carbocycles. The minimum atomic E-state index is 1.09. The first-order valence-electron chi connectivity index (χ1n) is 6.25. The second-order valence-electron chi connectivity index (χ2n) is 4.66. The maximum absolute atomic E-state index is 2.39. The van der Waals surface area contributed by atoms with Gasteiger partial charge in [0, 0.05) is 28.7 Å². The molecular formula is C16H13NS. The fourth-order valence-electron chi connectivity index (χ4n) is 2.80. The van der Waals surface area contributed by atoms with Crippen LogP contribution >= 0.6 is 11.3 Å². The topological polar surface area (TPSA) is 4.93 Å². The van der Waals surface area contributed by atoms with Crippen LogP contribution in [0.2, 0.25) is 0 Å². The fourth-order valence-corrected chi connectivity index (χ4v) is 3.55. The quantitative estimate of drug-likeness (QED) is 0.602. The van der Waals surface area contributed by atoms with Gasteiger partial charge in [-0.3, -0.25) is 0 Å². The van der Waals surface area contributed by atoms with Gasteiger partial charge in [-0.1, -0.05) is 30.3 Å². The molecular weight excluding hydrogens is 238 g/mol. The molecule has 1 aliphatic heterocycles. The van der Waals surface area contributed by atoms with Crippen LogP contribution in [-0.2, 0) is 13.0 Å². The lowest BCUT2D eigenvalue weighted by atomic mass is 9.96. The molecule has 3 aromatic rings. The van der Waals surface area contributed by atoms with Gasteiger partial charge in [-0.2, -0.15) is 0 Å². The number of thiophene rings is 1. The molecule has 0 bridgehead atoms. The Morgan fingerprint density at radius 3 is 2.78 bits per heavy atom. The average molecular weight is 251 g/mol. The molecule has 0 atom stereocenters. The van der Waals surface area contributed by atoms with Crippen molar-refractivity contribution in [2.75, 3.05) is 0 Å². The summed E-state index contributed by atoms with van der Waals surface area (Å²) in [5, 5.41) is 2.15. The second-order valence-corrected chi connectivity index (χ2v) is 5.60. The molecule has 0 spiro atoms. The summed E-state index contributed by atoms with van der Waals surface area (Å²) >= 11 is 1.81. The van der Waals surface area contributed by atoms with E-state index in [4.69, 9.17) is 0 Å². The van der Waals surface area contributed by atoms with Crippen molar-refractivity contribution < 1.29 is 0 Å². The molecule has 2 aromatic heterocycles. The molecule has 0 amide bonds. The van der Waals surface area contributed by atoms with Crippen molar-refractivity contribution in [1.29, 1.82) is 0 Å². The summed E-state index contributed by atoms with van der Waals surface area (Å²) in [6.07, 6.45) is 3.36. The van der Waals surface area contributed by atoms with Gasteiger partial charge in [0.25, 0.3) is 0 Å². The molecule has 0 fully saturated rings. The third-order valence-corrected chi connectivity index (χ3v) is 4.55. The number of rotatable bonds is 1. The second kappa shape index (κ2) is 3.85. The summed E-state index contributed by atoms with van der Waals surface area (Å²) in [6.45, 7) is 1.09. The van der Waals surface area contributed by atoms with Gasteiger partial charge in [0.05, 0.1) is 5.69 Å². The molecule has 88 valence electrons. The van der Waals surface area contributed by atoms with Gasteiger partial charge in [-0.25, -0.2) is 0 Å². The van der Waals surface area contributed by atoms with E-state index in [1.165, 1.54) is 27.3 Å². The van der Waals surface area contributed by atoms with Crippen LogP contribution in [0.25, 0.3) is 21.7 Å². The maximum atomic E-state index is 2.39. The zero-order valence-corrected chi connectivity index (χ0v) is 10.8. The summed E-state index contributed by atoms with van der Waals surface area (Å²) in [5.41, 5.74) is 5.63. The lowest BCUT2D eigenvalue weighted by Gasteiger charge is -2.20. The van der Waals surface area contributed by atoms with E-state index in [2.05, 4.69) is 58.6 Å². The van der Waals surface area contributed by atoms with Crippen molar-refractivity contribution in [3.05, 3.63) is 59.6 Å². The lowest BCUT2D eigenvalue weighted by molar-refractivity contribution is 0.690. The highest BCUT2D eigenvalue weighted by atomic mass is 32.1. The van der Waals surface area contributed by atoms with E-state index in [0.717, 1.165) is 13.0 Å². The minimum Gasteiger partial charge on any atom is -0.347 e. The van der Waals surface area contributed by atoms with E-state index < -0.39 is 0 Å². The first-order valence-corrected chi connectivity index (χ1v) is 7.13. The molecule has 1 aliphatic rings. The summed E-state index contributed by atoms with van der Waals surface area (Å²) in [7, 11) is 0. The highest BCUT2D eigenvalue weighted by Crippen LogP contribution is 2.39. The molecule has 18 heavy (non-hydrogen) atoms. The van der Waals surface area contributed by atoms with Gasteiger partial charge in [0.1, 0.15) is 0 Å². The summed E-state index contributed by atoms with van der Waals surface area (Å²) in [5.74, 6) is 0. The highest BCUT2D eigenvalue weighted by Gasteiger charge is 2.19. The fraction of sp³-hybridized carbons (Fsp3) is 0.125. The van der Waals surface area contributed by atoms with Crippen LogP contribution in [0.5, 0.6) is 0 Å². The predicted molar refractivity (Wildman–Crippen MR) is 76.9 cm³/mol. The Kier molecular flexibility index (Phi) is 2.17. The maximum Gasteiger partial charge on any atom is 0.0571 e. The molecule has 0 aliphatic carbocycles. The van der Waals surface area contributed by atoms with Crippen molar-refractivity contribution in [1.82, 2.24) is 4.57 Å². The Hall–Kier alpha value is -1.80. The summed E-state index contributed by atoms with van der Waals surface area (Å²) in [4.78, 5) is 1.36. The lowest BCUT2D eigenvalue weighted by Crippen LogP contribution is -2.09. The van der Waals surface area contributed by atoms with Crippen molar-refractivity contribution in [2.24, 2.45) is 0 Å². The van der Waals surface area contributed by atoms with Gasteiger partial charge in [-0.05, 0) is 29.5 Å². The third-order valence-electron chi connectivity index (χ3n) is 3.64. The third kappa shape index (κ3) is 1.39. The normalized spacial score (nSPS) is 13.1. The standard InChI is InChI=1S/C16H13NS/c1-2-5-13-12(4-1)7-9-17-10-8-14(16(13)17)15-6-3-11-18-15/h1-6,8,10-11H,7,9H2. The van der Waals surface area contributed by atoms with Crippen LogP contribution in [-0.4, -0.2) is 4.57 Å². The van der Waals surface area contributed by atoms with Crippen LogP contribution < -0.4 is 0 Å². The number of nitrogens with zero attached hydrogens (tertiary/aromatic N) is 1. The number of aromatic nitrogens is 1. The average Bonchev–Trinajstić information content (AvgIpc) is 3.07. The zero-order valence-electron chi connectivity index (χ0n) is 9.97. The van der Waals surface area contributed by atoms with E-state index in [9.17, 15) is 0 Å². The number of hydrogen-bond donors (Lipinski definition) is 0. The SMILES string of the molecule is c1csc(-c2ccn3c2-c2ccccc2CC3)c1. The number of benzene rings is 1. The van der Waals surface area contributed by atoms with Crippen LogP contribution in [0.1, 0.15) is 5.56 Å². The van der Waals surface area contributed by atoms with Crippen molar-refractivity contribution in [3.8, 4) is 21.7 Å². The molecule has 0 unspecified atom stereocenters. The molecule has 0 radical (unpaired) electrons. The Morgan fingerprint density at radius 1 is 0.944 bits per heavy atom.